The summed E-state index contributed by atoms with van der Waals surface area (Å²) in [7, 11) is 1.18. The van der Waals surface area contributed by atoms with Crippen LogP contribution in [0.5, 0.6) is 0 Å². The lowest BCUT2D eigenvalue weighted by Crippen LogP contribution is -2.07. The number of ether oxygens (including phenoxy) is 1. The highest BCUT2D eigenvalue weighted by Gasteiger charge is 2.13. The molecule has 0 fully saturated rings. The number of hydrogen-bond donors (Lipinski definition) is 0. The lowest BCUT2D eigenvalue weighted by molar-refractivity contribution is 0.0599. The molecule has 4 nitrogen and oxygen atoms in total. The lowest BCUT2D eigenvalue weighted by Gasteiger charge is -2.00. The van der Waals surface area contributed by atoms with E-state index in [4.69, 9.17) is 0 Å². The first-order valence-corrected chi connectivity index (χ1v) is 3.81. The first kappa shape index (κ1) is 10.3. The summed E-state index contributed by atoms with van der Waals surface area (Å²) in [6.45, 7) is 1.20. The van der Waals surface area contributed by atoms with Crippen molar-refractivity contribution in [1.29, 1.82) is 0 Å². The second-order valence-corrected chi connectivity index (χ2v) is 2.60. The van der Waals surface area contributed by atoms with E-state index in [1.54, 1.807) is 0 Å². The van der Waals surface area contributed by atoms with Crippen molar-refractivity contribution < 1.29 is 18.7 Å². The maximum atomic E-state index is 13.1. The number of esters is 1. The minimum absolute atomic E-state index is 0.0185. The van der Waals surface area contributed by atoms with Gasteiger partial charge in [0.05, 0.1) is 12.7 Å². The highest BCUT2D eigenvalue weighted by Crippen LogP contribution is 2.08. The number of carbonyl (C=O) groups is 2. The molecule has 0 aliphatic rings. The summed E-state index contributed by atoms with van der Waals surface area (Å²) in [4.78, 5) is 25.3. The van der Waals surface area contributed by atoms with Crippen molar-refractivity contribution in [1.82, 2.24) is 4.98 Å². The van der Waals surface area contributed by atoms with Crippen LogP contribution in [-0.2, 0) is 4.74 Å². The van der Waals surface area contributed by atoms with E-state index in [-0.39, 0.29) is 11.3 Å². The van der Waals surface area contributed by atoms with E-state index in [2.05, 4.69) is 9.72 Å². The van der Waals surface area contributed by atoms with Gasteiger partial charge in [-0.2, -0.15) is 0 Å². The molecule has 0 atom stereocenters. The van der Waals surface area contributed by atoms with Gasteiger partial charge in [0.25, 0.3) is 0 Å². The highest BCUT2D eigenvalue weighted by molar-refractivity contribution is 5.94. The monoisotopic (exact) mass is 197 g/mol. The van der Waals surface area contributed by atoms with Crippen molar-refractivity contribution >= 4 is 11.8 Å². The first-order chi connectivity index (χ1) is 6.56. The second kappa shape index (κ2) is 3.95. The highest BCUT2D eigenvalue weighted by atomic mass is 19.1. The van der Waals surface area contributed by atoms with E-state index in [1.165, 1.54) is 14.0 Å². The standard InChI is InChI=1S/C9H8FNO3/c1-5(12)8-7(10)3-6(4-11-8)9(13)14-2/h3-4H,1-2H3. The normalized spacial score (nSPS) is 9.64. The number of pyridine rings is 1. The van der Waals surface area contributed by atoms with E-state index < -0.39 is 17.6 Å². The molecule has 0 aromatic carbocycles. The molecule has 14 heavy (non-hydrogen) atoms. The molecule has 0 N–H and O–H groups in total. The van der Waals surface area contributed by atoms with Gasteiger partial charge >= 0.3 is 5.97 Å². The Morgan fingerprint density at radius 1 is 1.50 bits per heavy atom. The smallest absolute Gasteiger partial charge is 0.339 e. The number of carbonyl (C=O) groups excluding carboxylic acids is 2. The fraction of sp³-hybridized carbons (Fsp3) is 0.222. The molecule has 1 aromatic rings. The topological polar surface area (TPSA) is 56.3 Å². The van der Waals surface area contributed by atoms with Crippen LogP contribution >= 0.6 is 0 Å². The number of rotatable bonds is 2. The van der Waals surface area contributed by atoms with E-state index in [0.717, 1.165) is 12.3 Å². The first-order valence-electron chi connectivity index (χ1n) is 3.81. The van der Waals surface area contributed by atoms with Crippen LogP contribution in [0, 0.1) is 5.82 Å². The molecule has 0 aliphatic carbocycles. The summed E-state index contributed by atoms with van der Waals surface area (Å²) in [6, 6.07) is 0.926. The molecule has 0 saturated heterocycles. The van der Waals surface area contributed by atoms with Crippen molar-refractivity contribution in [3.05, 3.63) is 29.3 Å². The maximum Gasteiger partial charge on any atom is 0.339 e. The number of nitrogens with zero attached hydrogens (tertiary/aromatic N) is 1. The fourth-order valence-corrected chi connectivity index (χ4v) is 0.926. The van der Waals surface area contributed by atoms with Gasteiger partial charge in [0.15, 0.2) is 11.6 Å². The second-order valence-electron chi connectivity index (χ2n) is 2.60. The van der Waals surface area contributed by atoms with Crippen LogP contribution in [0.1, 0.15) is 27.8 Å². The average molecular weight is 197 g/mol. The van der Waals surface area contributed by atoms with Crippen LogP contribution in [0.3, 0.4) is 0 Å². The number of ketones is 1. The van der Waals surface area contributed by atoms with Crippen molar-refractivity contribution in [2.24, 2.45) is 0 Å². The Morgan fingerprint density at radius 3 is 2.57 bits per heavy atom. The summed E-state index contributed by atoms with van der Waals surface area (Å²) in [5.41, 5.74) is -0.298. The largest absolute Gasteiger partial charge is 0.465 e. The van der Waals surface area contributed by atoms with Crippen LogP contribution in [0.4, 0.5) is 4.39 Å². The molecular formula is C9H8FNO3. The minimum Gasteiger partial charge on any atom is -0.465 e. The third kappa shape index (κ3) is 1.93. The van der Waals surface area contributed by atoms with Crippen LogP contribution in [0.2, 0.25) is 0 Å². The molecule has 1 heterocycles. The molecule has 1 aromatic heterocycles. The molecular weight excluding hydrogens is 189 g/mol. The van der Waals surface area contributed by atoms with Crippen LogP contribution in [-0.4, -0.2) is 23.8 Å². The van der Waals surface area contributed by atoms with Gasteiger partial charge in [0.2, 0.25) is 0 Å². The molecule has 0 radical (unpaired) electrons. The van der Waals surface area contributed by atoms with Crippen molar-refractivity contribution in [2.75, 3.05) is 7.11 Å². The Labute approximate surface area is 79.7 Å². The van der Waals surface area contributed by atoms with Crippen molar-refractivity contribution in [3.8, 4) is 0 Å². The Kier molecular flexibility index (Phi) is 2.91. The summed E-state index contributed by atoms with van der Waals surface area (Å²) < 4.78 is 17.5. The molecule has 0 unspecified atom stereocenters. The zero-order valence-corrected chi connectivity index (χ0v) is 7.70. The van der Waals surface area contributed by atoms with Crippen LogP contribution in [0.15, 0.2) is 12.3 Å². The van der Waals surface area contributed by atoms with Gasteiger partial charge < -0.3 is 4.74 Å². The quantitative estimate of drug-likeness (QED) is 0.528. The van der Waals surface area contributed by atoms with E-state index in [0.29, 0.717) is 0 Å². The summed E-state index contributed by atoms with van der Waals surface area (Å²) in [6.07, 6.45) is 1.10. The third-order valence-electron chi connectivity index (χ3n) is 1.60. The predicted molar refractivity (Wildman–Crippen MR) is 45.5 cm³/mol. The average Bonchev–Trinajstić information content (AvgIpc) is 2.15. The molecule has 0 bridgehead atoms. The summed E-state index contributed by atoms with van der Waals surface area (Å²) >= 11 is 0. The van der Waals surface area contributed by atoms with Crippen LogP contribution in [0.25, 0.3) is 0 Å². The van der Waals surface area contributed by atoms with E-state index in [9.17, 15) is 14.0 Å². The number of Topliss-reactive ketones (excluding diaryl/α,β-unsaturated/α-hetero) is 1. The summed E-state index contributed by atoms with van der Waals surface area (Å²) in [5, 5.41) is 0. The fourth-order valence-electron chi connectivity index (χ4n) is 0.926. The van der Waals surface area contributed by atoms with Gasteiger partial charge in [-0.15, -0.1) is 0 Å². The molecule has 0 saturated carbocycles. The van der Waals surface area contributed by atoms with Gasteiger partial charge in [0.1, 0.15) is 5.69 Å². The number of halogens is 1. The van der Waals surface area contributed by atoms with E-state index in [1.807, 2.05) is 0 Å². The lowest BCUT2D eigenvalue weighted by atomic mass is 10.2. The number of hydrogen-bond acceptors (Lipinski definition) is 4. The van der Waals surface area contributed by atoms with E-state index >= 15 is 0 Å². The number of aromatic nitrogens is 1. The minimum atomic E-state index is -0.819. The van der Waals surface area contributed by atoms with Crippen molar-refractivity contribution in [2.45, 2.75) is 6.92 Å². The third-order valence-corrected chi connectivity index (χ3v) is 1.60. The van der Waals surface area contributed by atoms with Crippen LogP contribution < -0.4 is 0 Å². The van der Waals surface area contributed by atoms with Gasteiger partial charge in [-0.3, -0.25) is 4.79 Å². The van der Waals surface area contributed by atoms with Gasteiger partial charge in [0, 0.05) is 13.1 Å². The Bertz CT molecular complexity index is 390. The molecule has 0 spiro atoms. The molecule has 0 amide bonds. The molecule has 0 aliphatic heterocycles. The summed E-state index contributed by atoms with van der Waals surface area (Å²) in [5.74, 6) is -1.99. The predicted octanol–water partition coefficient (Wildman–Crippen LogP) is 1.21. The Hall–Kier alpha value is -1.78. The zero-order chi connectivity index (χ0) is 10.7. The maximum absolute atomic E-state index is 13.1. The Morgan fingerprint density at radius 2 is 2.14 bits per heavy atom. The zero-order valence-electron chi connectivity index (χ0n) is 7.70. The Balaban J connectivity index is 3.12. The molecule has 1 rings (SSSR count). The number of methoxy groups -OCH3 is 1. The van der Waals surface area contributed by atoms with Gasteiger partial charge in [-0.1, -0.05) is 0 Å². The molecule has 5 heteroatoms. The molecule has 74 valence electrons. The van der Waals surface area contributed by atoms with Gasteiger partial charge in [-0.25, -0.2) is 14.2 Å². The van der Waals surface area contributed by atoms with Gasteiger partial charge in [-0.05, 0) is 6.07 Å². The SMILES string of the molecule is COC(=O)c1cnc(C(C)=O)c(F)c1. The van der Waals surface area contributed by atoms with Crippen molar-refractivity contribution in [3.63, 3.8) is 0 Å².